The van der Waals surface area contributed by atoms with Gasteiger partial charge < -0.3 is 15.3 Å². The lowest BCUT2D eigenvalue weighted by atomic mass is 9.75. The fourth-order valence-electron chi connectivity index (χ4n) is 4.41. The van der Waals surface area contributed by atoms with Gasteiger partial charge in [0.15, 0.2) is 6.20 Å². The van der Waals surface area contributed by atoms with Crippen molar-refractivity contribution < 1.29 is 19.1 Å². The molecule has 2 aliphatic rings. The van der Waals surface area contributed by atoms with Crippen LogP contribution in [0.25, 0.3) is 5.69 Å². The molecule has 1 aromatic carbocycles. The minimum Gasteiger partial charge on any atom is -0.618 e. The zero-order valence-electron chi connectivity index (χ0n) is 16.2. The van der Waals surface area contributed by atoms with E-state index < -0.39 is 11.6 Å². The summed E-state index contributed by atoms with van der Waals surface area (Å²) in [5.74, 6) is -0.854. The van der Waals surface area contributed by atoms with Crippen LogP contribution in [0.3, 0.4) is 0 Å². The molecule has 1 N–H and O–H groups in total. The first-order chi connectivity index (χ1) is 14.6. The fraction of sp³-hybridized carbons (Fsp3) is 0.273. The van der Waals surface area contributed by atoms with Crippen LogP contribution in [-0.2, 0) is 15.1 Å². The number of carbonyl (C=O) groups excluding carboxylic acids is 2. The normalized spacial score (nSPS) is 22.5. The summed E-state index contributed by atoms with van der Waals surface area (Å²) in [4.78, 5) is 25.0. The van der Waals surface area contributed by atoms with Crippen molar-refractivity contribution in [2.75, 3.05) is 5.32 Å². The fourth-order valence-corrected chi connectivity index (χ4v) is 4.41. The SMILES string of the molecule is O=C1O[C@]2(CC[C@H](C(=O)Nc3cnn(-c4ccccc4)c3)CC2)c2ccc[n+]([O-])c21. The molecular formula is C22H20N4O4. The summed E-state index contributed by atoms with van der Waals surface area (Å²) < 4.78 is 7.91. The van der Waals surface area contributed by atoms with Crippen LogP contribution in [0.4, 0.5) is 5.69 Å². The van der Waals surface area contributed by atoms with Gasteiger partial charge in [0.2, 0.25) is 5.91 Å². The van der Waals surface area contributed by atoms with Crippen molar-refractivity contribution in [3.8, 4) is 5.69 Å². The van der Waals surface area contributed by atoms with E-state index >= 15 is 0 Å². The monoisotopic (exact) mass is 404 g/mol. The lowest BCUT2D eigenvalue weighted by Crippen LogP contribution is -2.36. The highest BCUT2D eigenvalue weighted by atomic mass is 16.6. The van der Waals surface area contributed by atoms with Gasteiger partial charge in [-0.05, 0) is 43.9 Å². The molecule has 5 rings (SSSR count). The largest absolute Gasteiger partial charge is 0.618 e. The van der Waals surface area contributed by atoms with E-state index in [1.165, 1.54) is 6.20 Å². The number of esters is 1. The van der Waals surface area contributed by atoms with E-state index in [0.717, 1.165) is 5.69 Å². The highest BCUT2D eigenvalue weighted by Crippen LogP contribution is 2.47. The zero-order chi connectivity index (χ0) is 20.7. The van der Waals surface area contributed by atoms with Gasteiger partial charge in [0, 0.05) is 12.0 Å². The van der Waals surface area contributed by atoms with Crippen molar-refractivity contribution in [2.45, 2.75) is 31.3 Å². The van der Waals surface area contributed by atoms with Crippen molar-refractivity contribution in [3.63, 3.8) is 0 Å². The van der Waals surface area contributed by atoms with E-state index in [0.29, 0.717) is 41.7 Å². The second-order valence-corrected chi connectivity index (χ2v) is 7.75. The van der Waals surface area contributed by atoms with Crippen molar-refractivity contribution in [1.82, 2.24) is 9.78 Å². The van der Waals surface area contributed by atoms with Crippen LogP contribution < -0.4 is 10.0 Å². The van der Waals surface area contributed by atoms with Crippen molar-refractivity contribution in [2.24, 2.45) is 5.92 Å². The molecule has 0 bridgehead atoms. The Bertz CT molecular complexity index is 1120. The standard InChI is InChI=1S/C22H20N4O4/c27-20(24-16-13-23-25(14-16)17-5-2-1-3-6-17)15-8-10-22(11-9-15)18-7-4-12-26(29)19(18)21(28)30-22/h1-7,12-15H,8-11H2,(H,24,27)/t15-,22-. The number of fused-ring (bicyclic) bond motifs is 2. The molecule has 1 aliphatic carbocycles. The minimum absolute atomic E-state index is 0.0636. The molecule has 152 valence electrons. The number of rotatable bonds is 3. The number of hydrogen-bond acceptors (Lipinski definition) is 5. The Morgan fingerprint density at radius 3 is 2.73 bits per heavy atom. The molecular weight excluding hydrogens is 384 g/mol. The summed E-state index contributed by atoms with van der Waals surface area (Å²) in [6.07, 6.45) is 6.86. The summed E-state index contributed by atoms with van der Waals surface area (Å²) in [5.41, 5.74) is 1.44. The van der Waals surface area contributed by atoms with Gasteiger partial charge in [0.1, 0.15) is 5.60 Å². The van der Waals surface area contributed by atoms with Crippen molar-refractivity contribution in [1.29, 1.82) is 0 Å². The molecule has 0 saturated heterocycles. The maximum absolute atomic E-state index is 12.8. The van der Waals surface area contributed by atoms with Gasteiger partial charge in [0.25, 0.3) is 0 Å². The number of amides is 1. The summed E-state index contributed by atoms with van der Waals surface area (Å²) in [6, 6.07) is 13.1. The molecule has 0 unspecified atom stereocenters. The van der Waals surface area contributed by atoms with Crippen LogP contribution in [0.5, 0.6) is 0 Å². The van der Waals surface area contributed by atoms with Crippen molar-refractivity contribution >= 4 is 17.6 Å². The van der Waals surface area contributed by atoms with Crippen LogP contribution in [0.1, 0.15) is 41.7 Å². The third-order valence-electron chi connectivity index (χ3n) is 5.97. The highest BCUT2D eigenvalue weighted by molar-refractivity contribution is 5.93. The first-order valence-electron chi connectivity index (χ1n) is 9.93. The molecule has 0 atom stereocenters. The van der Waals surface area contributed by atoms with Gasteiger partial charge in [0.05, 0.1) is 29.3 Å². The molecule has 3 aromatic rings. The van der Waals surface area contributed by atoms with E-state index in [-0.39, 0.29) is 17.5 Å². The van der Waals surface area contributed by atoms with E-state index in [1.54, 1.807) is 29.2 Å². The maximum Gasteiger partial charge on any atom is 0.406 e. The summed E-state index contributed by atoms with van der Waals surface area (Å²) in [6.45, 7) is 0. The van der Waals surface area contributed by atoms with Gasteiger partial charge in [-0.25, -0.2) is 9.48 Å². The molecule has 8 heteroatoms. The minimum atomic E-state index is -0.797. The van der Waals surface area contributed by atoms with Gasteiger partial charge >= 0.3 is 11.7 Å². The molecule has 30 heavy (non-hydrogen) atoms. The second-order valence-electron chi connectivity index (χ2n) is 7.75. The summed E-state index contributed by atoms with van der Waals surface area (Å²) >= 11 is 0. The Balaban J connectivity index is 1.26. The van der Waals surface area contributed by atoms with Gasteiger partial charge in [-0.15, -0.1) is 0 Å². The molecule has 1 aliphatic heterocycles. The number of aromatic nitrogens is 3. The smallest absolute Gasteiger partial charge is 0.406 e. The average molecular weight is 404 g/mol. The first-order valence-corrected chi connectivity index (χ1v) is 9.93. The lowest BCUT2D eigenvalue weighted by molar-refractivity contribution is -0.608. The number of nitrogens with one attached hydrogen (secondary N) is 1. The third-order valence-corrected chi connectivity index (χ3v) is 5.97. The zero-order valence-corrected chi connectivity index (χ0v) is 16.2. The Labute approximate surface area is 172 Å². The quantitative estimate of drug-likeness (QED) is 0.411. The van der Waals surface area contributed by atoms with Crippen LogP contribution in [-0.4, -0.2) is 21.7 Å². The Morgan fingerprint density at radius 1 is 1.20 bits per heavy atom. The first kappa shape index (κ1) is 18.4. The molecule has 1 amide bonds. The number of anilines is 1. The van der Waals surface area contributed by atoms with E-state index in [1.807, 2.05) is 30.3 Å². The number of hydrogen-bond donors (Lipinski definition) is 1. The topological polar surface area (TPSA) is 100 Å². The number of benzene rings is 1. The number of ether oxygens (including phenoxy) is 1. The highest BCUT2D eigenvalue weighted by Gasteiger charge is 2.52. The maximum atomic E-state index is 12.8. The third kappa shape index (κ3) is 3.01. The number of para-hydroxylation sites is 1. The van der Waals surface area contributed by atoms with Gasteiger partial charge in [-0.2, -0.15) is 9.83 Å². The van der Waals surface area contributed by atoms with Crippen molar-refractivity contribution in [3.05, 3.63) is 77.5 Å². The Kier molecular flexibility index (Phi) is 4.27. The van der Waals surface area contributed by atoms with Gasteiger partial charge in [-0.3, -0.25) is 4.79 Å². The van der Waals surface area contributed by atoms with Crippen LogP contribution in [0.15, 0.2) is 61.1 Å². The molecule has 3 heterocycles. The molecule has 2 aromatic heterocycles. The summed E-state index contributed by atoms with van der Waals surface area (Å²) in [7, 11) is 0. The predicted molar refractivity (Wildman–Crippen MR) is 107 cm³/mol. The van der Waals surface area contributed by atoms with Crippen LogP contribution in [0, 0.1) is 11.1 Å². The molecule has 1 saturated carbocycles. The number of pyridine rings is 1. The summed E-state index contributed by atoms with van der Waals surface area (Å²) in [5, 5.41) is 19.2. The molecule has 1 fully saturated rings. The van der Waals surface area contributed by atoms with E-state index in [2.05, 4.69) is 10.4 Å². The average Bonchev–Trinajstić information content (AvgIpc) is 3.33. The molecule has 0 radical (unpaired) electrons. The Hall–Kier alpha value is -3.68. The van der Waals surface area contributed by atoms with Crippen LogP contribution >= 0.6 is 0 Å². The van der Waals surface area contributed by atoms with E-state index in [9.17, 15) is 14.8 Å². The number of nitrogens with zero attached hydrogens (tertiary/aromatic N) is 3. The number of carbonyl (C=O) groups is 2. The lowest BCUT2D eigenvalue weighted by Gasteiger charge is -2.35. The second kappa shape index (κ2) is 6.98. The van der Waals surface area contributed by atoms with E-state index in [4.69, 9.17) is 4.74 Å². The van der Waals surface area contributed by atoms with Crippen LogP contribution in [0.2, 0.25) is 0 Å². The van der Waals surface area contributed by atoms with Gasteiger partial charge in [-0.1, -0.05) is 18.2 Å². The molecule has 8 nitrogen and oxygen atoms in total. The molecule has 1 spiro atoms. The predicted octanol–water partition coefficient (Wildman–Crippen LogP) is 2.70. The Morgan fingerprint density at radius 2 is 1.97 bits per heavy atom.